The molecule has 0 bridgehead atoms. The first-order valence-corrected chi connectivity index (χ1v) is 10.7. The van der Waals surface area contributed by atoms with Crippen molar-refractivity contribution < 1.29 is 22.8 Å². The third kappa shape index (κ3) is 4.88. The number of hydrogen-bond donors (Lipinski definition) is 2. The average molecular weight is 468 g/mol. The van der Waals surface area contributed by atoms with Crippen LogP contribution in [0.4, 0.5) is 18.9 Å². The second-order valence-electron chi connectivity index (χ2n) is 8.26. The molecule has 34 heavy (non-hydrogen) atoms. The van der Waals surface area contributed by atoms with E-state index in [2.05, 4.69) is 15.3 Å². The van der Waals surface area contributed by atoms with Crippen molar-refractivity contribution in [2.75, 3.05) is 18.0 Å². The van der Waals surface area contributed by atoms with E-state index in [-0.39, 0.29) is 18.1 Å². The number of carbonyl (C=O) groups is 2. The Kier molecular flexibility index (Phi) is 6.28. The summed E-state index contributed by atoms with van der Waals surface area (Å²) in [5.74, 6) is -2.06. The Morgan fingerprint density at radius 3 is 2.65 bits per heavy atom. The normalized spacial score (nSPS) is 13.1. The summed E-state index contributed by atoms with van der Waals surface area (Å²) in [5.41, 5.74) is 5.00. The minimum absolute atomic E-state index is 0.122. The summed E-state index contributed by atoms with van der Waals surface area (Å²) in [4.78, 5) is 32.5. The number of halogens is 3. The number of allylic oxidation sites excluding steroid dienone is 1. The predicted octanol–water partition coefficient (Wildman–Crippen LogP) is 4.89. The number of nitrogens with zero attached hydrogens (tertiary/aromatic N) is 2. The number of anilines is 1. The maximum Gasteiger partial charge on any atom is 0.471 e. The molecule has 0 saturated heterocycles. The van der Waals surface area contributed by atoms with E-state index in [0.29, 0.717) is 34.7 Å². The van der Waals surface area contributed by atoms with Crippen molar-refractivity contribution >= 4 is 17.5 Å². The Bertz CT molecular complexity index is 1270. The summed E-state index contributed by atoms with van der Waals surface area (Å²) in [5, 5.41) is 2.81. The predicted molar refractivity (Wildman–Crippen MR) is 123 cm³/mol. The number of hydrogen-bond acceptors (Lipinski definition) is 3. The summed E-state index contributed by atoms with van der Waals surface area (Å²) in [6.45, 7) is 3.88. The summed E-state index contributed by atoms with van der Waals surface area (Å²) >= 11 is 0. The second kappa shape index (κ2) is 9.17. The molecular formula is C25H23F3N4O2. The molecule has 0 unspecified atom stereocenters. The van der Waals surface area contributed by atoms with Crippen molar-refractivity contribution in [1.29, 1.82) is 0 Å². The van der Waals surface area contributed by atoms with E-state index in [1.54, 1.807) is 56.5 Å². The van der Waals surface area contributed by atoms with Crippen molar-refractivity contribution in [1.82, 2.24) is 15.3 Å². The van der Waals surface area contributed by atoms with Gasteiger partial charge in [-0.3, -0.25) is 14.6 Å². The fraction of sp³-hybridized carbons (Fsp3) is 0.240. The van der Waals surface area contributed by atoms with Gasteiger partial charge in [-0.25, -0.2) is 0 Å². The van der Waals surface area contributed by atoms with Gasteiger partial charge >= 0.3 is 12.1 Å². The quantitative estimate of drug-likeness (QED) is 0.524. The van der Waals surface area contributed by atoms with Crippen LogP contribution < -0.4 is 10.2 Å². The average Bonchev–Trinajstić information content (AvgIpc) is 3.25. The van der Waals surface area contributed by atoms with E-state index in [1.807, 2.05) is 0 Å². The van der Waals surface area contributed by atoms with Crippen LogP contribution >= 0.6 is 0 Å². The molecule has 0 spiro atoms. The van der Waals surface area contributed by atoms with Gasteiger partial charge < -0.3 is 15.2 Å². The molecule has 0 aliphatic carbocycles. The van der Waals surface area contributed by atoms with Crippen molar-refractivity contribution in [3.8, 4) is 22.5 Å². The van der Waals surface area contributed by atoms with Crippen LogP contribution in [0.5, 0.6) is 0 Å². The SMILES string of the molecule is CC(C)=CCN(C(=O)C(F)(F)F)c1cccc(-c2cc(-c3cc4c([nH]3)CCNC4=O)ccn2)c1. The number of amides is 2. The largest absolute Gasteiger partial charge is 0.471 e. The number of pyridine rings is 1. The number of alkyl halides is 3. The first-order valence-electron chi connectivity index (χ1n) is 10.7. The number of rotatable bonds is 5. The van der Waals surface area contributed by atoms with Crippen molar-refractivity contribution in [3.63, 3.8) is 0 Å². The number of carbonyl (C=O) groups excluding carboxylic acids is 2. The molecule has 6 nitrogen and oxygen atoms in total. The molecule has 1 aliphatic heterocycles. The van der Waals surface area contributed by atoms with Crippen molar-refractivity contribution in [2.45, 2.75) is 26.4 Å². The molecule has 0 atom stereocenters. The van der Waals surface area contributed by atoms with Gasteiger partial charge in [0.15, 0.2) is 0 Å². The van der Waals surface area contributed by atoms with E-state index >= 15 is 0 Å². The van der Waals surface area contributed by atoms with Crippen molar-refractivity contribution in [3.05, 3.63) is 71.6 Å². The summed E-state index contributed by atoms with van der Waals surface area (Å²) < 4.78 is 39.7. The molecular weight excluding hydrogens is 445 g/mol. The fourth-order valence-electron chi connectivity index (χ4n) is 3.77. The van der Waals surface area contributed by atoms with Crippen LogP contribution in [0.3, 0.4) is 0 Å². The van der Waals surface area contributed by atoms with Crippen LogP contribution in [0.15, 0.2) is 60.3 Å². The lowest BCUT2D eigenvalue weighted by molar-refractivity contribution is -0.170. The monoisotopic (exact) mass is 468 g/mol. The number of fused-ring (bicyclic) bond motifs is 1. The standard InChI is InChI=1S/C25H23F3N4O2/c1-15(2)8-11-32(24(34)25(26,27)28)18-5-3-4-16(12-18)21-13-17(6-9-29-21)22-14-19-20(31-22)7-10-30-23(19)33/h3-6,8-9,12-14,31H,7,10-11H2,1-2H3,(H,30,33). The van der Waals surface area contributed by atoms with Crippen LogP contribution in [0.25, 0.3) is 22.5 Å². The highest BCUT2D eigenvalue weighted by Gasteiger charge is 2.42. The van der Waals surface area contributed by atoms with Crippen LogP contribution in [0.1, 0.15) is 29.9 Å². The summed E-state index contributed by atoms with van der Waals surface area (Å²) in [6.07, 6.45) is -1.13. The Labute approximate surface area is 194 Å². The molecule has 1 aliphatic rings. The van der Waals surface area contributed by atoms with Crippen LogP contribution in [0.2, 0.25) is 0 Å². The van der Waals surface area contributed by atoms with Gasteiger partial charge in [-0.1, -0.05) is 23.8 Å². The lowest BCUT2D eigenvalue weighted by atomic mass is 10.1. The van der Waals surface area contributed by atoms with Gasteiger partial charge in [0, 0.05) is 53.9 Å². The molecule has 0 radical (unpaired) electrons. The van der Waals surface area contributed by atoms with Crippen LogP contribution in [0, 0.1) is 0 Å². The van der Waals surface area contributed by atoms with Crippen molar-refractivity contribution in [2.24, 2.45) is 0 Å². The minimum atomic E-state index is -5.00. The molecule has 3 aromatic rings. The molecule has 0 saturated carbocycles. The first-order chi connectivity index (χ1) is 16.1. The fourth-order valence-corrected chi connectivity index (χ4v) is 3.77. The van der Waals surface area contributed by atoms with E-state index in [0.717, 1.165) is 22.5 Å². The number of aromatic amines is 1. The maximum absolute atomic E-state index is 13.2. The number of aromatic nitrogens is 2. The number of H-pyrrole nitrogens is 1. The molecule has 2 amide bonds. The maximum atomic E-state index is 13.2. The topological polar surface area (TPSA) is 78.1 Å². The first kappa shape index (κ1) is 23.3. The van der Waals surface area contributed by atoms with Gasteiger partial charge in [0.05, 0.1) is 11.3 Å². The molecule has 3 heterocycles. The summed E-state index contributed by atoms with van der Waals surface area (Å²) in [6, 6.07) is 11.7. The Morgan fingerprint density at radius 2 is 1.94 bits per heavy atom. The molecule has 1 aromatic carbocycles. The lowest BCUT2D eigenvalue weighted by Gasteiger charge is -2.23. The summed E-state index contributed by atoms with van der Waals surface area (Å²) in [7, 11) is 0. The zero-order valence-electron chi connectivity index (χ0n) is 18.7. The number of nitrogens with one attached hydrogen (secondary N) is 2. The third-order valence-corrected chi connectivity index (χ3v) is 5.50. The van der Waals surface area contributed by atoms with Gasteiger partial charge in [-0.05, 0) is 44.2 Å². The molecule has 4 rings (SSSR count). The molecule has 176 valence electrons. The van der Waals surface area contributed by atoms with Gasteiger partial charge in [0.25, 0.3) is 5.91 Å². The number of benzene rings is 1. The van der Waals surface area contributed by atoms with E-state index < -0.39 is 12.1 Å². The minimum Gasteiger partial charge on any atom is -0.358 e. The van der Waals surface area contributed by atoms with E-state index in [4.69, 9.17) is 0 Å². The van der Waals surface area contributed by atoms with E-state index in [9.17, 15) is 22.8 Å². The van der Waals surface area contributed by atoms with E-state index in [1.165, 1.54) is 12.1 Å². The molecule has 2 aromatic heterocycles. The lowest BCUT2D eigenvalue weighted by Crippen LogP contribution is -2.41. The van der Waals surface area contributed by atoms with Crippen LogP contribution in [-0.2, 0) is 11.2 Å². The molecule has 2 N–H and O–H groups in total. The van der Waals surface area contributed by atoms with Gasteiger partial charge in [0.1, 0.15) is 0 Å². The Balaban J connectivity index is 1.69. The second-order valence-corrected chi connectivity index (χ2v) is 8.26. The third-order valence-electron chi connectivity index (χ3n) is 5.50. The van der Waals surface area contributed by atoms with Gasteiger partial charge in [0.2, 0.25) is 0 Å². The van der Waals surface area contributed by atoms with Crippen LogP contribution in [-0.4, -0.2) is 41.0 Å². The molecule has 9 heteroatoms. The zero-order valence-corrected chi connectivity index (χ0v) is 18.7. The highest BCUT2D eigenvalue weighted by Crippen LogP contribution is 2.30. The zero-order chi connectivity index (χ0) is 24.5. The smallest absolute Gasteiger partial charge is 0.358 e. The highest BCUT2D eigenvalue weighted by molar-refractivity contribution is 5.98. The Hall–Kier alpha value is -3.88. The molecule has 0 fully saturated rings. The van der Waals surface area contributed by atoms with Gasteiger partial charge in [-0.2, -0.15) is 13.2 Å². The Morgan fingerprint density at radius 1 is 1.15 bits per heavy atom. The highest BCUT2D eigenvalue weighted by atomic mass is 19.4. The van der Waals surface area contributed by atoms with Gasteiger partial charge in [-0.15, -0.1) is 0 Å².